The fourth-order valence-electron chi connectivity index (χ4n) is 4.59. The van der Waals surface area contributed by atoms with E-state index in [0.717, 1.165) is 30.9 Å². The first-order valence-electron chi connectivity index (χ1n) is 9.23. The lowest BCUT2D eigenvalue weighted by molar-refractivity contribution is 0.181. The van der Waals surface area contributed by atoms with Gasteiger partial charge in [0.2, 0.25) is 0 Å². The summed E-state index contributed by atoms with van der Waals surface area (Å²) in [5, 5.41) is 0. The summed E-state index contributed by atoms with van der Waals surface area (Å²) < 4.78 is 11.5. The number of unbranched alkanes of at least 4 members (excludes halogenated alkanes) is 1. The van der Waals surface area contributed by atoms with Crippen LogP contribution < -0.4 is 9.47 Å². The second-order valence-corrected chi connectivity index (χ2v) is 7.22. The van der Waals surface area contributed by atoms with Crippen molar-refractivity contribution in [2.75, 3.05) is 27.3 Å². The van der Waals surface area contributed by atoms with Gasteiger partial charge in [0, 0.05) is 11.5 Å². The van der Waals surface area contributed by atoms with Crippen molar-refractivity contribution in [1.29, 1.82) is 0 Å². The van der Waals surface area contributed by atoms with Gasteiger partial charge in [0.25, 0.3) is 0 Å². The van der Waals surface area contributed by atoms with Gasteiger partial charge in [-0.05, 0) is 57.0 Å². The molecule has 0 amide bonds. The van der Waals surface area contributed by atoms with Gasteiger partial charge in [0.15, 0.2) is 11.5 Å². The first-order valence-corrected chi connectivity index (χ1v) is 9.23. The van der Waals surface area contributed by atoms with E-state index < -0.39 is 0 Å². The van der Waals surface area contributed by atoms with Crippen LogP contribution >= 0.6 is 0 Å². The molecule has 1 aliphatic carbocycles. The molecule has 1 aliphatic heterocycles. The van der Waals surface area contributed by atoms with Crippen molar-refractivity contribution in [1.82, 2.24) is 4.90 Å². The highest BCUT2D eigenvalue weighted by Gasteiger charge is 2.48. The molecule has 128 valence electrons. The van der Waals surface area contributed by atoms with Crippen LogP contribution in [0.4, 0.5) is 0 Å². The summed E-state index contributed by atoms with van der Waals surface area (Å²) in [7, 11) is 4.02. The molecule has 3 heteroatoms. The fraction of sp³-hybridized carbons (Fsp3) is 0.700. The molecule has 0 aromatic heterocycles. The van der Waals surface area contributed by atoms with E-state index >= 15 is 0 Å². The molecule has 1 heterocycles. The van der Waals surface area contributed by atoms with Gasteiger partial charge in [-0.2, -0.15) is 0 Å². The molecular formula is C20H31NO2. The Morgan fingerprint density at radius 3 is 2.87 bits per heavy atom. The average Bonchev–Trinajstić information content (AvgIpc) is 2.94. The van der Waals surface area contributed by atoms with E-state index in [9.17, 15) is 0 Å². The van der Waals surface area contributed by atoms with Crippen molar-refractivity contribution in [2.45, 2.75) is 63.3 Å². The monoisotopic (exact) mass is 317 g/mol. The molecule has 1 saturated carbocycles. The number of hydrogen-bond acceptors (Lipinski definition) is 3. The maximum Gasteiger partial charge on any atom is 0.161 e. The van der Waals surface area contributed by atoms with Gasteiger partial charge in [0.1, 0.15) is 0 Å². The summed E-state index contributed by atoms with van der Waals surface area (Å²) in [6.07, 6.45) is 8.87. The van der Waals surface area contributed by atoms with E-state index in [1.807, 2.05) is 0 Å². The number of ether oxygens (including phenoxy) is 2. The summed E-state index contributed by atoms with van der Waals surface area (Å²) in [6, 6.07) is 7.35. The molecule has 23 heavy (non-hydrogen) atoms. The minimum atomic E-state index is 0.322. The lowest BCUT2D eigenvalue weighted by Crippen LogP contribution is -2.43. The van der Waals surface area contributed by atoms with Crippen LogP contribution in [0, 0.1) is 0 Å². The molecule has 2 fully saturated rings. The largest absolute Gasteiger partial charge is 0.493 e. The molecular weight excluding hydrogens is 286 g/mol. The van der Waals surface area contributed by atoms with Crippen molar-refractivity contribution in [2.24, 2.45) is 0 Å². The Labute approximate surface area is 141 Å². The smallest absolute Gasteiger partial charge is 0.161 e. The Bertz CT molecular complexity index is 526. The van der Waals surface area contributed by atoms with E-state index in [0.29, 0.717) is 11.5 Å². The standard InChI is InChI=1S/C20H31NO2/c1-4-5-14-23-18-15-16(9-10-17(18)22-3)20-11-7-6-8-19(20)21(2)13-12-20/h9-10,15,19H,4-8,11-14H2,1-3H3/t19?,20-/m0/s1. The summed E-state index contributed by atoms with van der Waals surface area (Å²) in [6.45, 7) is 4.17. The van der Waals surface area contributed by atoms with E-state index in [-0.39, 0.29) is 0 Å². The summed E-state index contributed by atoms with van der Waals surface area (Å²) in [5.41, 5.74) is 1.78. The zero-order chi connectivity index (χ0) is 16.3. The number of benzene rings is 1. The number of likely N-dealkylation sites (tertiary alicyclic amines) is 1. The molecule has 1 unspecified atom stereocenters. The van der Waals surface area contributed by atoms with E-state index in [4.69, 9.17) is 9.47 Å². The Balaban J connectivity index is 1.90. The predicted octanol–water partition coefficient (Wildman–Crippen LogP) is 4.39. The minimum Gasteiger partial charge on any atom is -0.493 e. The maximum atomic E-state index is 6.03. The molecule has 1 aromatic carbocycles. The Morgan fingerprint density at radius 1 is 1.22 bits per heavy atom. The van der Waals surface area contributed by atoms with E-state index in [1.54, 1.807) is 7.11 Å². The van der Waals surface area contributed by atoms with Gasteiger partial charge in [-0.1, -0.05) is 32.3 Å². The van der Waals surface area contributed by atoms with Gasteiger partial charge in [-0.15, -0.1) is 0 Å². The molecule has 0 bridgehead atoms. The topological polar surface area (TPSA) is 21.7 Å². The van der Waals surface area contributed by atoms with Crippen molar-refractivity contribution in [3.63, 3.8) is 0 Å². The molecule has 1 aromatic rings. The maximum absolute atomic E-state index is 6.03. The number of hydrogen-bond donors (Lipinski definition) is 0. The normalized spacial score (nSPS) is 27.7. The number of nitrogens with zero attached hydrogens (tertiary/aromatic N) is 1. The van der Waals surface area contributed by atoms with Crippen LogP contribution in [-0.4, -0.2) is 38.3 Å². The van der Waals surface area contributed by atoms with E-state index in [2.05, 4.69) is 37.1 Å². The van der Waals surface area contributed by atoms with Gasteiger partial charge >= 0.3 is 0 Å². The number of likely N-dealkylation sites (N-methyl/N-ethyl adjacent to an activating group) is 1. The third-order valence-electron chi connectivity index (χ3n) is 5.92. The highest BCUT2D eigenvalue weighted by atomic mass is 16.5. The lowest BCUT2D eigenvalue weighted by atomic mass is 9.66. The van der Waals surface area contributed by atoms with Gasteiger partial charge in [-0.3, -0.25) is 0 Å². The lowest BCUT2D eigenvalue weighted by Gasteiger charge is -2.42. The summed E-state index contributed by atoms with van der Waals surface area (Å²) >= 11 is 0. The van der Waals surface area contributed by atoms with Gasteiger partial charge in [0.05, 0.1) is 13.7 Å². The number of fused-ring (bicyclic) bond motifs is 1. The van der Waals surface area contributed by atoms with Crippen molar-refractivity contribution in [3.05, 3.63) is 23.8 Å². The highest BCUT2D eigenvalue weighted by Crippen LogP contribution is 2.49. The fourth-order valence-corrected chi connectivity index (χ4v) is 4.59. The average molecular weight is 317 g/mol. The third-order valence-corrected chi connectivity index (χ3v) is 5.92. The molecule has 3 nitrogen and oxygen atoms in total. The zero-order valence-electron chi connectivity index (χ0n) is 14.9. The van der Waals surface area contributed by atoms with Crippen molar-refractivity contribution < 1.29 is 9.47 Å². The van der Waals surface area contributed by atoms with Crippen LogP contribution in [0.2, 0.25) is 0 Å². The van der Waals surface area contributed by atoms with Crippen LogP contribution in [0.1, 0.15) is 57.4 Å². The van der Waals surface area contributed by atoms with Crippen LogP contribution in [0.3, 0.4) is 0 Å². The van der Waals surface area contributed by atoms with Crippen LogP contribution in [0.15, 0.2) is 18.2 Å². The second kappa shape index (κ2) is 7.12. The van der Waals surface area contributed by atoms with Crippen molar-refractivity contribution in [3.8, 4) is 11.5 Å². The molecule has 2 aliphatic rings. The van der Waals surface area contributed by atoms with Gasteiger partial charge < -0.3 is 14.4 Å². The first-order chi connectivity index (χ1) is 11.2. The quantitative estimate of drug-likeness (QED) is 0.726. The number of methoxy groups -OCH3 is 1. The Morgan fingerprint density at radius 2 is 2.09 bits per heavy atom. The predicted molar refractivity (Wildman–Crippen MR) is 94.6 cm³/mol. The second-order valence-electron chi connectivity index (χ2n) is 7.22. The van der Waals surface area contributed by atoms with Crippen LogP contribution in [0.25, 0.3) is 0 Å². The minimum absolute atomic E-state index is 0.322. The van der Waals surface area contributed by atoms with E-state index in [1.165, 1.54) is 44.2 Å². The Kier molecular flexibility index (Phi) is 5.15. The van der Waals surface area contributed by atoms with Crippen LogP contribution in [-0.2, 0) is 5.41 Å². The SMILES string of the molecule is CCCCOc1cc([C@@]23CCCCC2N(C)CC3)ccc1OC. The highest BCUT2D eigenvalue weighted by molar-refractivity contribution is 5.46. The van der Waals surface area contributed by atoms with Crippen molar-refractivity contribution >= 4 is 0 Å². The number of rotatable bonds is 6. The Hall–Kier alpha value is -1.22. The molecule has 0 radical (unpaired) electrons. The molecule has 1 saturated heterocycles. The zero-order valence-corrected chi connectivity index (χ0v) is 14.9. The summed E-state index contributed by atoms with van der Waals surface area (Å²) in [4.78, 5) is 2.57. The molecule has 2 atom stereocenters. The third kappa shape index (κ3) is 3.08. The molecule has 3 rings (SSSR count). The molecule has 0 spiro atoms. The summed E-state index contributed by atoms with van der Waals surface area (Å²) in [5.74, 6) is 1.78. The van der Waals surface area contributed by atoms with Gasteiger partial charge in [-0.25, -0.2) is 0 Å². The molecule has 0 N–H and O–H groups in total. The van der Waals surface area contributed by atoms with Crippen LogP contribution in [0.5, 0.6) is 11.5 Å². The first kappa shape index (κ1) is 16.6.